The van der Waals surface area contributed by atoms with E-state index >= 15 is 0 Å². The molecule has 1 aliphatic rings. The Hall–Kier alpha value is -2.73. The first-order valence-electron chi connectivity index (χ1n) is 9.05. The van der Waals surface area contributed by atoms with Gasteiger partial charge in [-0.1, -0.05) is 19.1 Å². The predicted molar refractivity (Wildman–Crippen MR) is 108 cm³/mol. The Morgan fingerprint density at radius 3 is 2.81 bits per heavy atom. The molecule has 0 fully saturated rings. The molecular formula is C21H21N3O2S. The van der Waals surface area contributed by atoms with Gasteiger partial charge < -0.3 is 11.1 Å². The Bertz CT molecular complexity index is 1070. The predicted octanol–water partition coefficient (Wildman–Crippen LogP) is 4.08. The summed E-state index contributed by atoms with van der Waals surface area (Å²) in [5.41, 5.74) is 9.30. The molecule has 1 aromatic carbocycles. The topological polar surface area (TPSA) is 85.1 Å². The van der Waals surface area contributed by atoms with Crippen molar-refractivity contribution in [3.63, 3.8) is 0 Å². The maximum Gasteiger partial charge on any atom is 0.256 e. The third-order valence-electron chi connectivity index (χ3n) is 5.08. The molecule has 27 heavy (non-hydrogen) atoms. The SMILES string of the molecule is Cc1ccc2ccc(C(=O)Nc3sc4c(c3C(N)=O)CCC(C)C4)cc2n1. The number of pyridine rings is 1. The van der Waals surface area contributed by atoms with Gasteiger partial charge >= 0.3 is 0 Å². The van der Waals surface area contributed by atoms with Crippen molar-refractivity contribution in [2.75, 3.05) is 5.32 Å². The number of nitrogens with two attached hydrogens (primary N) is 1. The van der Waals surface area contributed by atoms with Gasteiger partial charge in [0.05, 0.1) is 11.1 Å². The van der Waals surface area contributed by atoms with E-state index in [9.17, 15) is 9.59 Å². The van der Waals surface area contributed by atoms with E-state index in [4.69, 9.17) is 5.73 Å². The highest BCUT2D eigenvalue weighted by atomic mass is 32.1. The Labute approximate surface area is 161 Å². The van der Waals surface area contributed by atoms with Crippen molar-refractivity contribution in [1.82, 2.24) is 4.98 Å². The minimum absolute atomic E-state index is 0.255. The number of hydrogen-bond donors (Lipinski definition) is 2. The van der Waals surface area contributed by atoms with Gasteiger partial charge in [-0.2, -0.15) is 0 Å². The third kappa shape index (κ3) is 3.32. The molecule has 0 saturated carbocycles. The van der Waals surface area contributed by atoms with E-state index in [2.05, 4.69) is 17.2 Å². The largest absolute Gasteiger partial charge is 0.365 e. The maximum atomic E-state index is 12.8. The molecule has 1 unspecified atom stereocenters. The molecule has 3 N–H and O–H groups in total. The quantitative estimate of drug-likeness (QED) is 0.719. The van der Waals surface area contributed by atoms with Crippen molar-refractivity contribution in [3.8, 4) is 0 Å². The van der Waals surface area contributed by atoms with E-state index in [-0.39, 0.29) is 5.91 Å². The smallest absolute Gasteiger partial charge is 0.256 e. The highest BCUT2D eigenvalue weighted by Gasteiger charge is 2.27. The number of rotatable bonds is 3. The molecule has 0 bridgehead atoms. The van der Waals surface area contributed by atoms with Crippen molar-refractivity contribution >= 4 is 39.1 Å². The van der Waals surface area contributed by atoms with Crippen molar-refractivity contribution in [2.45, 2.75) is 33.1 Å². The molecule has 0 saturated heterocycles. The fourth-order valence-corrected chi connectivity index (χ4v) is 5.05. The number of amides is 2. The van der Waals surface area contributed by atoms with Gasteiger partial charge in [0.2, 0.25) is 0 Å². The molecule has 2 aromatic heterocycles. The van der Waals surface area contributed by atoms with Crippen LogP contribution in [0.3, 0.4) is 0 Å². The molecule has 4 rings (SSSR count). The summed E-state index contributed by atoms with van der Waals surface area (Å²) in [6.45, 7) is 4.12. The lowest BCUT2D eigenvalue weighted by Crippen LogP contribution is -2.19. The van der Waals surface area contributed by atoms with E-state index in [1.807, 2.05) is 25.1 Å². The molecule has 6 heteroatoms. The second-order valence-corrected chi connectivity index (χ2v) is 8.34. The molecule has 5 nitrogen and oxygen atoms in total. The number of aryl methyl sites for hydroxylation is 1. The Kier molecular flexibility index (Phi) is 4.44. The van der Waals surface area contributed by atoms with Gasteiger partial charge in [-0.05, 0) is 55.9 Å². The van der Waals surface area contributed by atoms with Gasteiger partial charge in [0.1, 0.15) is 5.00 Å². The van der Waals surface area contributed by atoms with Gasteiger partial charge in [-0.25, -0.2) is 0 Å². The maximum absolute atomic E-state index is 12.8. The summed E-state index contributed by atoms with van der Waals surface area (Å²) < 4.78 is 0. The van der Waals surface area contributed by atoms with Gasteiger partial charge in [-0.15, -0.1) is 11.3 Å². The summed E-state index contributed by atoms with van der Waals surface area (Å²) in [6, 6.07) is 9.36. The number of benzene rings is 1. The Morgan fingerprint density at radius 2 is 2.04 bits per heavy atom. The van der Waals surface area contributed by atoms with Crippen LogP contribution < -0.4 is 11.1 Å². The number of nitrogens with zero attached hydrogens (tertiary/aromatic N) is 1. The minimum Gasteiger partial charge on any atom is -0.365 e. The van der Waals surface area contributed by atoms with E-state index in [0.29, 0.717) is 22.0 Å². The van der Waals surface area contributed by atoms with Crippen LogP contribution in [0.4, 0.5) is 5.00 Å². The number of primary amides is 1. The van der Waals surface area contributed by atoms with Crippen molar-refractivity contribution in [2.24, 2.45) is 11.7 Å². The van der Waals surface area contributed by atoms with Crippen LogP contribution >= 0.6 is 11.3 Å². The van der Waals surface area contributed by atoms with E-state index in [0.717, 1.165) is 46.3 Å². The highest BCUT2D eigenvalue weighted by molar-refractivity contribution is 7.17. The first kappa shape index (κ1) is 17.7. The fourth-order valence-electron chi connectivity index (χ4n) is 3.64. The first-order chi connectivity index (χ1) is 12.9. The summed E-state index contributed by atoms with van der Waals surface area (Å²) >= 11 is 1.47. The number of carbonyl (C=O) groups excluding carboxylic acids is 2. The summed E-state index contributed by atoms with van der Waals surface area (Å²) in [7, 11) is 0. The molecule has 2 amide bonds. The molecule has 0 radical (unpaired) electrons. The van der Waals surface area contributed by atoms with Crippen LogP contribution in [0, 0.1) is 12.8 Å². The van der Waals surface area contributed by atoms with Crippen LogP contribution in [0.15, 0.2) is 30.3 Å². The normalized spacial score (nSPS) is 16.1. The molecule has 138 valence electrons. The fraction of sp³-hybridized carbons (Fsp3) is 0.286. The van der Waals surface area contributed by atoms with E-state index in [1.54, 1.807) is 12.1 Å². The summed E-state index contributed by atoms with van der Waals surface area (Å²) in [4.78, 5) is 30.5. The highest BCUT2D eigenvalue weighted by Crippen LogP contribution is 2.39. The average molecular weight is 379 g/mol. The molecule has 0 spiro atoms. The molecule has 1 atom stereocenters. The van der Waals surface area contributed by atoms with Crippen molar-refractivity contribution in [3.05, 3.63) is 57.6 Å². The molecule has 1 aliphatic carbocycles. The molecule has 2 heterocycles. The zero-order valence-electron chi connectivity index (χ0n) is 15.3. The van der Waals surface area contributed by atoms with Crippen LogP contribution in [-0.2, 0) is 12.8 Å². The number of carbonyl (C=O) groups is 2. The number of hydrogen-bond acceptors (Lipinski definition) is 4. The van der Waals surface area contributed by atoms with Gasteiger partial charge in [-0.3, -0.25) is 14.6 Å². The lowest BCUT2D eigenvalue weighted by atomic mass is 9.88. The van der Waals surface area contributed by atoms with Crippen LogP contribution in [0.2, 0.25) is 0 Å². The molecule has 0 aliphatic heterocycles. The van der Waals surface area contributed by atoms with Crippen LogP contribution in [0.5, 0.6) is 0 Å². The number of anilines is 1. The number of nitrogens with one attached hydrogen (secondary N) is 1. The Balaban J connectivity index is 1.68. The standard InChI is InChI=1S/C21H21N3O2S/c1-11-3-8-15-17(9-11)27-21(18(15)19(22)25)24-20(26)14-7-6-13-5-4-12(2)23-16(13)10-14/h4-7,10-11H,3,8-9H2,1-2H3,(H2,22,25)(H,24,26). The lowest BCUT2D eigenvalue weighted by Gasteiger charge is -2.18. The average Bonchev–Trinajstić information content (AvgIpc) is 2.97. The number of fused-ring (bicyclic) bond motifs is 2. The van der Waals surface area contributed by atoms with Crippen LogP contribution in [0.1, 0.15) is 50.2 Å². The first-order valence-corrected chi connectivity index (χ1v) is 9.87. The minimum atomic E-state index is -0.479. The van der Waals surface area contributed by atoms with Crippen molar-refractivity contribution < 1.29 is 9.59 Å². The Morgan fingerprint density at radius 1 is 1.26 bits per heavy atom. The monoisotopic (exact) mass is 379 g/mol. The zero-order chi connectivity index (χ0) is 19.1. The van der Waals surface area contributed by atoms with Gasteiger partial charge in [0, 0.05) is 21.5 Å². The number of thiophene rings is 1. The van der Waals surface area contributed by atoms with E-state index < -0.39 is 5.91 Å². The zero-order valence-corrected chi connectivity index (χ0v) is 16.2. The third-order valence-corrected chi connectivity index (χ3v) is 6.25. The number of aromatic nitrogens is 1. The summed E-state index contributed by atoms with van der Waals surface area (Å²) in [5.74, 6) is -0.155. The summed E-state index contributed by atoms with van der Waals surface area (Å²) in [5, 5.41) is 4.45. The van der Waals surface area contributed by atoms with Crippen molar-refractivity contribution in [1.29, 1.82) is 0 Å². The van der Waals surface area contributed by atoms with E-state index in [1.165, 1.54) is 11.3 Å². The lowest BCUT2D eigenvalue weighted by molar-refractivity contribution is 0.1000. The van der Waals surface area contributed by atoms with Crippen LogP contribution in [-0.4, -0.2) is 16.8 Å². The van der Waals surface area contributed by atoms with Gasteiger partial charge in [0.15, 0.2) is 0 Å². The van der Waals surface area contributed by atoms with Crippen LogP contribution in [0.25, 0.3) is 10.9 Å². The molecular weight excluding hydrogens is 358 g/mol. The second-order valence-electron chi connectivity index (χ2n) is 7.23. The molecule has 3 aromatic rings. The van der Waals surface area contributed by atoms with Gasteiger partial charge in [0.25, 0.3) is 11.8 Å². The summed E-state index contributed by atoms with van der Waals surface area (Å²) in [6.07, 6.45) is 2.79. The second kappa shape index (κ2) is 6.78.